The van der Waals surface area contributed by atoms with E-state index in [1.54, 1.807) is 110 Å². The topological polar surface area (TPSA) is 356 Å². The second-order valence-corrected chi connectivity index (χ2v) is 22.3. The first-order valence-electron chi connectivity index (χ1n) is 26.9. The molecule has 0 aliphatic rings. The predicted molar refractivity (Wildman–Crippen MR) is 368 cm³/mol. The fourth-order valence-electron chi connectivity index (χ4n) is 6.09. The van der Waals surface area contributed by atoms with Crippen molar-refractivity contribution in [2.45, 2.75) is 53.5 Å². The van der Waals surface area contributed by atoms with Gasteiger partial charge in [-0.15, -0.1) is 66.4 Å². The van der Waals surface area contributed by atoms with E-state index in [4.69, 9.17) is 59.2 Å². The van der Waals surface area contributed by atoms with Gasteiger partial charge >= 0.3 is 0 Å². The standard InChI is InChI=1S/C27H18N3O6.C16H24N2Si2.C7H11NSi.C4H10.C3H4O2.2C2H2O2.C2H3O2.2CHO2.3Y/c31-16-28-19-1-7-22(8-2-19)34-25-13-26(35-23-9-3-20(4-10-23)29-17-32)15-27(14-25)36-24-11-5-21(6-12-24)30-18-33;1-12(17-13-4-8-15(19-2)9-5-13)18-14-6-10-16(20-3)11-7-14;1-9-7-4-2-6(8)3-5-7;1-4(2)3;1-3(4)5-2;2*1-4-2-3;1-2(3)4;2*2-1-3;;;/h1-15H,(H,28,31)(H,29,32)(H,30,33);4-12,17-18H,19-20H2,1-3H3;2-5H,8-9H2,1H3;4H,1-3H3;1-2H2;2*1H2;1H2,(H,3,4);2*(H,2,3);;;/q-3;;;;3*-2;3*-1;;;. The number of carbonyl (C=O) groups is 2. The normalized spacial score (nSPS) is 9.25. The Balaban J connectivity index is -0.000000282. The molecule has 3 radical (unpaired) electrons. The maximum absolute atomic E-state index is 10.5. The molecule has 0 aliphatic heterocycles. The van der Waals surface area contributed by atoms with Gasteiger partial charge in [-0.25, -0.2) is 14.2 Å². The number of carbonyl (C=O) groups excluding carboxylic acids is 6. The number of nitrogens with two attached hydrogens (primary N) is 1. The molecule has 3 amide bonds. The first-order chi connectivity index (χ1) is 44.1. The van der Waals surface area contributed by atoms with Crippen LogP contribution in [-0.4, -0.2) is 107 Å². The fraction of sp³-hybridized carbons (Fsp3) is 0.138. The number of amides is 3. The van der Waals surface area contributed by atoms with Crippen molar-refractivity contribution < 1.29 is 185 Å². The molecule has 30 heteroatoms. The summed E-state index contributed by atoms with van der Waals surface area (Å²) in [5.74, 6) is 2.03. The summed E-state index contributed by atoms with van der Waals surface area (Å²) < 4.78 is 28.7. The van der Waals surface area contributed by atoms with Crippen LogP contribution < -0.4 is 62.1 Å². The van der Waals surface area contributed by atoms with Gasteiger partial charge in [0.1, 0.15) is 40.5 Å². The zero-order valence-corrected chi connectivity index (χ0v) is 66.4. The summed E-state index contributed by atoms with van der Waals surface area (Å²) >= 11 is 0. The Morgan fingerprint density at radius 1 is 0.442 bits per heavy atom. The number of carboxylic acid groups (broad SMARTS) is 1. The molecule has 7 aromatic carbocycles. The number of esters is 1. The van der Waals surface area contributed by atoms with Crippen molar-refractivity contribution in [2.24, 2.45) is 5.92 Å². The van der Waals surface area contributed by atoms with Crippen LogP contribution in [0, 0.1) is 41.1 Å². The summed E-state index contributed by atoms with van der Waals surface area (Å²) in [4.78, 5) is 83.8. The number of hydrogen-bond acceptors (Lipinski definition) is 18. The van der Waals surface area contributed by atoms with E-state index >= 15 is 0 Å². The van der Waals surface area contributed by atoms with Gasteiger partial charge in [-0.2, -0.15) is 7.11 Å². The Morgan fingerprint density at radius 3 is 0.821 bits per heavy atom. The molecule has 10 N–H and O–H groups in total. The Kier molecular flexibility index (Phi) is 68.6. The van der Waals surface area contributed by atoms with Gasteiger partial charge in [0, 0.05) is 133 Å². The number of nitrogens with one attached hydrogen (secondary N) is 5. The van der Waals surface area contributed by atoms with Gasteiger partial charge in [-0.3, -0.25) is 16.5 Å². The Bertz CT molecular complexity index is 2850. The predicted octanol–water partition coefficient (Wildman–Crippen LogP) is 7.51. The van der Waals surface area contributed by atoms with Crippen LogP contribution in [0.4, 0.5) is 34.1 Å². The van der Waals surface area contributed by atoms with Crippen molar-refractivity contribution >= 4 is 135 Å². The SMILES string of the molecule is CC(C)C.C[SiH2]c1ccc(N)cc1.C[SiH2]c1ccc(NC(C)Nc2ccc([SiH2]C)cc2)cc1.O=[C-]Nc1ccc(Oc2cc(Oc3ccc(N[C-]=O)cc3)cc(Oc3ccc(N[C-]=O)cc3)c2)cc1.O=[C-]O.O=[C-]O.[CH2-]C(=O)O.[CH2-]OC([CH2-])=O.[CH2-]O[C-]=O.[CH2-]O[C-]=O.[Y].[Y].[Y]. The third kappa shape index (κ3) is 57.4. The Morgan fingerprint density at radius 2 is 0.642 bits per heavy atom. The van der Waals surface area contributed by atoms with Gasteiger partial charge in [-0.1, -0.05) is 105 Å². The molecule has 0 aliphatic carbocycles. The molecule has 7 rings (SSSR count). The first-order valence-corrected chi connectivity index (χ1v) is 33.3. The van der Waals surface area contributed by atoms with Crippen LogP contribution in [0.3, 0.4) is 0 Å². The minimum atomic E-state index is -1.08. The van der Waals surface area contributed by atoms with Gasteiger partial charge in [0.15, 0.2) is 5.97 Å². The van der Waals surface area contributed by atoms with E-state index in [2.05, 4.69) is 184 Å². The van der Waals surface area contributed by atoms with Crippen LogP contribution in [0.5, 0.6) is 34.5 Å². The van der Waals surface area contributed by atoms with Crippen LogP contribution in [-0.2, 0) is 155 Å². The molecule has 0 atom stereocenters. The molecule has 0 saturated heterocycles. The number of benzene rings is 7. The summed E-state index contributed by atoms with van der Waals surface area (Å²) in [6, 6.07) is 51.1. The average molecular weight is 1580 g/mol. The Hall–Kier alpha value is -7.73. The second-order valence-electron chi connectivity index (χ2n) is 17.7. The van der Waals surface area contributed by atoms with Crippen molar-refractivity contribution in [1.29, 1.82) is 0 Å². The van der Waals surface area contributed by atoms with Crippen molar-refractivity contribution in [2.75, 3.05) is 32.3 Å². The average Bonchev–Trinajstić information content (AvgIpc) is 0.875. The van der Waals surface area contributed by atoms with E-state index in [1.807, 2.05) is 12.1 Å². The molecular formula is C65H76N6O18Si3Y3-12. The smallest absolute Gasteiger partial charge is 0.161 e. The van der Waals surface area contributed by atoms with Crippen molar-refractivity contribution in [3.05, 3.63) is 199 Å². The molecule has 0 heterocycles. The number of anilines is 6. The zero-order chi connectivity index (χ0) is 69.9. The number of ether oxygens (including phenoxy) is 6. The Labute approximate surface area is 639 Å². The summed E-state index contributed by atoms with van der Waals surface area (Å²) in [7, 11) is 8.06. The number of aliphatic hydroxyl groups excluding tert-OH is 2. The summed E-state index contributed by atoms with van der Waals surface area (Å²) in [6.07, 6.45) is 5.06. The van der Waals surface area contributed by atoms with E-state index < -0.39 is 11.9 Å². The van der Waals surface area contributed by atoms with Crippen molar-refractivity contribution in [3.8, 4) is 34.5 Å². The van der Waals surface area contributed by atoms with E-state index in [0.717, 1.165) is 24.5 Å². The van der Waals surface area contributed by atoms with Gasteiger partial charge in [-0.05, 0) is 85.6 Å². The molecule has 0 unspecified atom stereocenters. The third-order valence-corrected chi connectivity index (χ3v) is 13.7. The molecule has 95 heavy (non-hydrogen) atoms. The molecule has 24 nitrogen and oxygen atoms in total. The minimum absolute atomic E-state index is 0. The third-order valence-electron chi connectivity index (χ3n) is 9.87. The zero-order valence-electron chi connectivity index (χ0n) is 53.7. The van der Waals surface area contributed by atoms with Crippen molar-refractivity contribution in [1.82, 2.24) is 0 Å². The molecule has 0 aromatic heterocycles. The maximum Gasteiger partial charge on any atom is 0.161 e. The number of carboxylic acids is 1. The molecular weight excluding hydrogens is 1500 g/mol. The van der Waals surface area contributed by atoms with E-state index in [9.17, 15) is 19.2 Å². The maximum atomic E-state index is 10.5. The summed E-state index contributed by atoms with van der Waals surface area (Å²) in [5.41, 5.74) is 10.4. The van der Waals surface area contributed by atoms with Crippen LogP contribution in [0.2, 0.25) is 19.6 Å². The minimum Gasteiger partial charge on any atom is -0.816 e. The molecule has 0 saturated carbocycles. The molecule has 0 spiro atoms. The number of nitrogen functional groups attached to an aromatic ring is 1. The van der Waals surface area contributed by atoms with Gasteiger partial charge in [0.05, 0.1) is 54.0 Å². The van der Waals surface area contributed by atoms with E-state index in [0.29, 0.717) is 64.5 Å². The molecule has 507 valence electrons. The molecule has 0 bridgehead atoms. The van der Waals surface area contributed by atoms with E-state index in [-0.39, 0.29) is 133 Å². The quantitative estimate of drug-likeness (QED) is 0.00639. The van der Waals surface area contributed by atoms with Crippen LogP contribution in [0.1, 0.15) is 27.7 Å². The fourth-order valence-corrected chi connectivity index (χ4v) is 8.21. The van der Waals surface area contributed by atoms with Gasteiger partial charge in [0.2, 0.25) is 0 Å². The monoisotopic (exact) mass is 1580 g/mol. The first kappa shape index (κ1) is 98.3. The number of rotatable bonds is 21. The van der Waals surface area contributed by atoms with E-state index in [1.165, 1.54) is 26.9 Å². The van der Waals surface area contributed by atoms with Gasteiger partial charge < -0.3 is 117 Å². The van der Waals surface area contributed by atoms with Gasteiger partial charge in [0.25, 0.3) is 0 Å². The van der Waals surface area contributed by atoms with Crippen LogP contribution in [0.25, 0.3) is 0 Å². The molecule has 7 aromatic rings. The largest absolute Gasteiger partial charge is 0.816 e. The molecule has 0 fully saturated rings. The summed E-state index contributed by atoms with van der Waals surface area (Å²) in [6.45, 7) is 24.1. The van der Waals surface area contributed by atoms with Crippen LogP contribution in [0.15, 0.2) is 164 Å². The number of aliphatic carboxylic acids is 1. The summed E-state index contributed by atoms with van der Waals surface area (Å²) in [5, 5.41) is 39.6. The number of hydrogen-bond donors (Lipinski definition) is 9. The second kappa shape index (κ2) is 66.3. The van der Waals surface area contributed by atoms with Crippen molar-refractivity contribution in [3.63, 3.8) is 0 Å². The van der Waals surface area contributed by atoms with Crippen LogP contribution >= 0.6 is 0 Å².